The summed E-state index contributed by atoms with van der Waals surface area (Å²) in [5, 5.41) is 25.3. The normalized spacial score (nSPS) is 41.9. The van der Waals surface area contributed by atoms with Crippen molar-refractivity contribution < 1.29 is 19.0 Å². The lowest BCUT2D eigenvalue weighted by atomic mass is 9.73. The van der Waals surface area contributed by atoms with Crippen molar-refractivity contribution in [1.82, 2.24) is 26.6 Å². The van der Waals surface area contributed by atoms with Crippen LogP contribution in [0.1, 0.15) is 25.7 Å². The molecule has 0 aromatic carbocycles. The summed E-state index contributed by atoms with van der Waals surface area (Å²) in [6.07, 6.45) is 3.44. The number of hydrogen-bond acceptors (Lipinski definition) is 8. The Morgan fingerprint density at radius 2 is 2.10 bits per heavy atom. The Kier molecular flexibility index (Phi) is 7.81. The van der Waals surface area contributed by atoms with Gasteiger partial charge in [-0.1, -0.05) is 18.0 Å². The molecule has 166 valence electrons. The van der Waals surface area contributed by atoms with E-state index in [2.05, 4.69) is 32.7 Å². The zero-order chi connectivity index (χ0) is 22.0. The first-order valence-corrected chi connectivity index (χ1v) is 11.2. The Balaban J connectivity index is 1.44. The number of halogens is 1. The van der Waals surface area contributed by atoms with Crippen LogP contribution in [0.5, 0.6) is 0 Å². The average Bonchev–Trinajstić information content (AvgIpc) is 3.01. The van der Waals surface area contributed by atoms with E-state index in [4.69, 9.17) is 33.0 Å². The largest absolute Gasteiger partial charge is 0.395 e. The molecule has 2 saturated heterocycles. The highest BCUT2D eigenvalue weighted by atomic mass is 19.1. The molecule has 0 bridgehead atoms. The van der Waals surface area contributed by atoms with E-state index in [-0.39, 0.29) is 30.5 Å². The summed E-state index contributed by atoms with van der Waals surface area (Å²) in [6.45, 7) is 2.21. The van der Waals surface area contributed by atoms with E-state index in [0.29, 0.717) is 6.79 Å². The van der Waals surface area contributed by atoms with Crippen LogP contribution in [0.4, 0.5) is 4.39 Å². The molecule has 0 spiro atoms. The first-order chi connectivity index (χ1) is 14.8. The summed E-state index contributed by atoms with van der Waals surface area (Å²) in [7, 11) is 16.6. The quantitative estimate of drug-likeness (QED) is 0.165. The Labute approximate surface area is 187 Å². The van der Waals surface area contributed by atoms with Gasteiger partial charge in [0.05, 0.1) is 26.2 Å². The molecule has 0 amide bonds. The van der Waals surface area contributed by atoms with Crippen LogP contribution in [-0.4, -0.2) is 97.0 Å². The first-order valence-electron chi connectivity index (χ1n) is 11.2. The molecule has 3 heterocycles. The number of fused-ring (bicyclic) bond motifs is 1. The summed E-state index contributed by atoms with van der Waals surface area (Å²) >= 11 is 0. The molecule has 8 atom stereocenters. The third-order valence-electron chi connectivity index (χ3n) is 6.64. The van der Waals surface area contributed by atoms with Gasteiger partial charge in [-0.15, -0.1) is 0 Å². The Morgan fingerprint density at radius 1 is 1.26 bits per heavy atom. The van der Waals surface area contributed by atoms with Crippen LogP contribution in [-0.2, 0) is 9.47 Å². The van der Waals surface area contributed by atoms with E-state index in [9.17, 15) is 9.50 Å². The van der Waals surface area contributed by atoms with Gasteiger partial charge >= 0.3 is 0 Å². The smallest absolute Gasteiger partial charge is 0.147 e. The van der Waals surface area contributed by atoms with Crippen LogP contribution in [0.15, 0.2) is 11.6 Å². The predicted molar refractivity (Wildman–Crippen MR) is 117 cm³/mol. The van der Waals surface area contributed by atoms with Gasteiger partial charge in [0.25, 0.3) is 0 Å². The zero-order valence-corrected chi connectivity index (χ0v) is 17.7. The zero-order valence-electron chi connectivity index (χ0n) is 17.7. The Bertz CT molecular complexity index is 643. The maximum atomic E-state index is 14.7. The number of hydrogen-bond donors (Lipinski definition) is 6. The van der Waals surface area contributed by atoms with Gasteiger partial charge in [0, 0.05) is 30.1 Å². The van der Waals surface area contributed by atoms with Gasteiger partial charge in [-0.2, -0.15) is 0 Å². The second-order valence-electron chi connectivity index (χ2n) is 8.98. The molecule has 6 N–H and O–H groups in total. The van der Waals surface area contributed by atoms with E-state index in [0.717, 1.165) is 38.8 Å². The molecule has 8 nitrogen and oxygen atoms in total. The minimum absolute atomic E-state index is 0.0169. The number of nitrogens with one attached hydrogen (secondary N) is 5. The third-order valence-corrected chi connectivity index (χ3v) is 6.64. The number of alkyl halides is 1. The minimum atomic E-state index is -2.21. The molecule has 31 heavy (non-hydrogen) atoms. The lowest BCUT2D eigenvalue weighted by molar-refractivity contribution is 0.0250. The van der Waals surface area contributed by atoms with Crippen LogP contribution in [0, 0.1) is 5.92 Å². The van der Waals surface area contributed by atoms with Crippen molar-refractivity contribution in [2.75, 3.05) is 19.9 Å². The highest BCUT2D eigenvalue weighted by molar-refractivity contribution is 6.38. The van der Waals surface area contributed by atoms with Gasteiger partial charge in [0.15, 0.2) is 0 Å². The number of aliphatic hydroxyl groups is 1. The lowest BCUT2D eigenvalue weighted by Gasteiger charge is -2.45. The summed E-state index contributed by atoms with van der Waals surface area (Å²) in [5.41, 5.74) is -0.789. The molecule has 0 aromatic heterocycles. The van der Waals surface area contributed by atoms with Crippen LogP contribution in [0.3, 0.4) is 0 Å². The topological polar surface area (TPSA) is 98.8 Å². The average molecular weight is 429 g/mol. The number of ether oxygens (including phenoxy) is 2. The summed E-state index contributed by atoms with van der Waals surface area (Å²) in [4.78, 5) is 0. The molecule has 8 unspecified atom stereocenters. The van der Waals surface area contributed by atoms with E-state index < -0.39 is 30.2 Å². The number of rotatable bonds is 6. The molecule has 12 heteroatoms. The van der Waals surface area contributed by atoms with Crippen LogP contribution in [0.2, 0.25) is 6.32 Å². The third kappa shape index (κ3) is 5.92. The highest BCUT2D eigenvalue weighted by Crippen LogP contribution is 2.39. The molecular formula is C19H31B3FN5O3. The van der Waals surface area contributed by atoms with Gasteiger partial charge in [0.1, 0.15) is 34.9 Å². The van der Waals surface area contributed by atoms with E-state index in [1.165, 1.54) is 5.57 Å². The second-order valence-corrected chi connectivity index (χ2v) is 8.98. The summed E-state index contributed by atoms with van der Waals surface area (Å²) in [6, 6.07) is -0.521. The monoisotopic (exact) mass is 429 g/mol. The molecule has 0 aromatic rings. The highest BCUT2D eigenvalue weighted by Gasteiger charge is 2.45. The molecule has 4 aliphatic rings. The Hall–Kier alpha value is -0.455. The van der Waals surface area contributed by atoms with Gasteiger partial charge in [0.2, 0.25) is 0 Å². The van der Waals surface area contributed by atoms with E-state index in [1.807, 2.05) is 0 Å². The predicted octanol–water partition coefficient (Wildman–Crippen LogP) is -1.97. The van der Waals surface area contributed by atoms with Crippen molar-refractivity contribution in [3.63, 3.8) is 0 Å². The fourth-order valence-electron chi connectivity index (χ4n) is 5.22. The maximum absolute atomic E-state index is 14.7. The fraction of sp³-hybridized carbons (Fsp3) is 0.895. The van der Waals surface area contributed by atoms with Crippen molar-refractivity contribution in [3.8, 4) is 0 Å². The Morgan fingerprint density at radius 3 is 2.87 bits per heavy atom. The van der Waals surface area contributed by atoms with E-state index >= 15 is 0 Å². The van der Waals surface area contributed by atoms with Gasteiger partial charge in [-0.3, -0.25) is 21.3 Å². The van der Waals surface area contributed by atoms with Gasteiger partial charge < -0.3 is 19.9 Å². The van der Waals surface area contributed by atoms with Gasteiger partial charge in [-0.25, -0.2) is 4.39 Å². The summed E-state index contributed by atoms with van der Waals surface area (Å²) in [5.74, 6) is 0.272. The van der Waals surface area contributed by atoms with Gasteiger partial charge in [-0.05, 0) is 32.2 Å². The van der Waals surface area contributed by atoms with Crippen molar-refractivity contribution in [2.24, 2.45) is 5.92 Å². The van der Waals surface area contributed by atoms with Crippen molar-refractivity contribution in [2.45, 2.75) is 80.4 Å². The maximum Gasteiger partial charge on any atom is 0.147 e. The molecule has 3 fully saturated rings. The van der Waals surface area contributed by atoms with Crippen LogP contribution >= 0.6 is 0 Å². The van der Waals surface area contributed by atoms with E-state index in [1.54, 1.807) is 0 Å². The fourth-order valence-corrected chi connectivity index (χ4v) is 5.22. The molecular weight excluding hydrogens is 398 g/mol. The van der Waals surface area contributed by atoms with Crippen molar-refractivity contribution in [1.29, 1.82) is 0 Å². The summed E-state index contributed by atoms with van der Waals surface area (Å²) < 4.78 is 26.6. The standard InChI is InChI=1S/C19H31B3FN5O3/c20-8-13-15(23)17(28-19(21,22)29)27-18(26-13)25-11-6-12(10-2-1-4-24-5-3-10)16-14(7-11)30-9-31-16/h3,11-18,24-29H,1-2,4-9H2. The van der Waals surface area contributed by atoms with Crippen molar-refractivity contribution >= 4 is 23.5 Å². The molecule has 3 aliphatic heterocycles. The molecule has 1 saturated carbocycles. The minimum Gasteiger partial charge on any atom is -0.395 e. The molecule has 4 rings (SSSR count). The van der Waals surface area contributed by atoms with Crippen LogP contribution < -0.4 is 26.6 Å². The second kappa shape index (κ2) is 10.2. The lowest BCUT2D eigenvalue weighted by Crippen LogP contribution is -2.75. The first kappa shape index (κ1) is 23.7. The van der Waals surface area contributed by atoms with Crippen LogP contribution in [0.25, 0.3) is 0 Å². The van der Waals surface area contributed by atoms with Crippen molar-refractivity contribution in [3.05, 3.63) is 11.6 Å². The molecule has 6 radical (unpaired) electrons. The SMILES string of the molecule is [B]CC1NC(NC2CC3OCOC3C(C3=CCNCCC3)C2)NC(NC([B])([B])O)C1F. The molecule has 1 aliphatic carbocycles.